The Kier molecular flexibility index (Phi) is 9.96. The smallest absolute Gasteiger partial charge is 0.0547 e. The summed E-state index contributed by atoms with van der Waals surface area (Å²) in [6.45, 7) is 13.3. The minimum absolute atomic E-state index is 0.380. The van der Waals surface area contributed by atoms with Crippen molar-refractivity contribution in [3.8, 4) is 0 Å². The molecule has 0 aromatic heterocycles. The number of nitrogens with one attached hydrogen (secondary N) is 1. The Balaban J connectivity index is 3.16. The van der Waals surface area contributed by atoms with E-state index in [-0.39, 0.29) is 0 Å². The molecule has 1 N–H and O–H groups in total. The molecule has 2 nitrogen and oxygen atoms in total. The predicted octanol–water partition coefficient (Wildman–Crippen LogP) is 2.99. The molecular formula is C13H27NO. The highest BCUT2D eigenvalue weighted by molar-refractivity contribution is 4.65. The molecule has 0 bridgehead atoms. The van der Waals surface area contributed by atoms with Crippen molar-refractivity contribution >= 4 is 0 Å². The minimum atomic E-state index is 0.380. The monoisotopic (exact) mass is 213 g/mol. The summed E-state index contributed by atoms with van der Waals surface area (Å²) in [5, 5.41) is 3.44. The molecule has 0 aromatic carbocycles. The summed E-state index contributed by atoms with van der Waals surface area (Å²) in [5.74, 6) is 0.742. The van der Waals surface area contributed by atoms with Crippen LogP contribution in [0.2, 0.25) is 0 Å². The number of hydrogen-bond acceptors (Lipinski definition) is 2. The number of hydrogen-bond donors (Lipinski definition) is 1. The highest BCUT2D eigenvalue weighted by Gasteiger charge is 2.01. The molecule has 1 atom stereocenters. The van der Waals surface area contributed by atoms with E-state index in [4.69, 9.17) is 4.74 Å². The van der Waals surface area contributed by atoms with Gasteiger partial charge < -0.3 is 10.1 Å². The van der Waals surface area contributed by atoms with E-state index >= 15 is 0 Å². The van der Waals surface area contributed by atoms with Crippen molar-refractivity contribution in [3.05, 3.63) is 12.7 Å². The summed E-state index contributed by atoms with van der Waals surface area (Å²) in [5.41, 5.74) is 0. The van der Waals surface area contributed by atoms with Gasteiger partial charge in [-0.15, -0.1) is 6.58 Å². The summed E-state index contributed by atoms with van der Waals surface area (Å²) in [4.78, 5) is 0. The third-order valence-electron chi connectivity index (χ3n) is 2.24. The Bertz CT molecular complexity index is 145. The van der Waals surface area contributed by atoms with E-state index < -0.39 is 0 Å². The van der Waals surface area contributed by atoms with Crippen LogP contribution < -0.4 is 5.32 Å². The van der Waals surface area contributed by atoms with E-state index in [1.165, 1.54) is 6.42 Å². The first-order valence-corrected chi connectivity index (χ1v) is 6.10. The molecule has 0 saturated heterocycles. The molecule has 0 heterocycles. The molecule has 0 aliphatic carbocycles. The van der Waals surface area contributed by atoms with E-state index in [9.17, 15) is 0 Å². The third-order valence-corrected chi connectivity index (χ3v) is 2.24. The quantitative estimate of drug-likeness (QED) is 0.445. The molecule has 0 rings (SSSR count). The van der Waals surface area contributed by atoms with Gasteiger partial charge in [-0.05, 0) is 45.2 Å². The van der Waals surface area contributed by atoms with Crippen molar-refractivity contribution in [2.45, 2.75) is 46.1 Å². The summed E-state index contributed by atoms with van der Waals surface area (Å²) < 4.78 is 5.61. The van der Waals surface area contributed by atoms with Gasteiger partial charge in [-0.2, -0.15) is 0 Å². The Labute approximate surface area is 95.1 Å². The van der Waals surface area contributed by atoms with E-state index in [1.54, 1.807) is 0 Å². The Hall–Kier alpha value is -0.340. The molecule has 90 valence electrons. The summed E-state index contributed by atoms with van der Waals surface area (Å²) in [7, 11) is 0. The zero-order valence-electron chi connectivity index (χ0n) is 10.6. The van der Waals surface area contributed by atoms with Crippen molar-refractivity contribution in [2.75, 3.05) is 19.7 Å². The zero-order valence-corrected chi connectivity index (χ0v) is 10.6. The van der Waals surface area contributed by atoms with Crippen molar-refractivity contribution in [2.24, 2.45) is 5.92 Å². The second kappa shape index (κ2) is 10.2. The van der Waals surface area contributed by atoms with E-state index in [0.717, 1.165) is 38.5 Å². The van der Waals surface area contributed by atoms with Gasteiger partial charge in [0.05, 0.1) is 12.7 Å². The zero-order chi connectivity index (χ0) is 11.5. The fourth-order valence-corrected chi connectivity index (χ4v) is 1.34. The van der Waals surface area contributed by atoms with Crippen LogP contribution in [0.25, 0.3) is 0 Å². The van der Waals surface area contributed by atoms with Gasteiger partial charge in [-0.3, -0.25) is 0 Å². The van der Waals surface area contributed by atoms with Gasteiger partial charge >= 0.3 is 0 Å². The van der Waals surface area contributed by atoms with E-state index in [2.05, 4.69) is 32.7 Å². The molecule has 0 aliphatic heterocycles. The molecule has 1 unspecified atom stereocenters. The van der Waals surface area contributed by atoms with Crippen molar-refractivity contribution in [1.29, 1.82) is 0 Å². The lowest BCUT2D eigenvalue weighted by Gasteiger charge is -2.13. The lowest BCUT2D eigenvalue weighted by molar-refractivity contribution is 0.0623. The van der Waals surface area contributed by atoms with Crippen LogP contribution in [0, 0.1) is 5.92 Å². The fourth-order valence-electron chi connectivity index (χ4n) is 1.34. The van der Waals surface area contributed by atoms with Crippen LogP contribution in [-0.4, -0.2) is 25.8 Å². The normalized spacial score (nSPS) is 13.1. The lowest BCUT2D eigenvalue weighted by Crippen LogP contribution is -2.22. The largest absolute Gasteiger partial charge is 0.378 e. The standard InChI is InChI=1S/C13H27NO/c1-5-6-10-15-13(4)8-7-9-14-11-12(2)3/h5,12-14H,1,6-11H2,2-4H3. The van der Waals surface area contributed by atoms with E-state index in [0.29, 0.717) is 6.10 Å². The van der Waals surface area contributed by atoms with Gasteiger partial charge in [0.2, 0.25) is 0 Å². The average Bonchev–Trinajstić information content (AvgIpc) is 2.17. The number of rotatable bonds is 10. The average molecular weight is 213 g/mol. The first-order chi connectivity index (χ1) is 7.16. The SMILES string of the molecule is C=CCCOC(C)CCCNCC(C)C. The highest BCUT2D eigenvalue weighted by Crippen LogP contribution is 2.01. The van der Waals surface area contributed by atoms with Gasteiger partial charge in [0.15, 0.2) is 0 Å². The maximum Gasteiger partial charge on any atom is 0.0547 e. The van der Waals surface area contributed by atoms with Crippen LogP contribution in [0.4, 0.5) is 0 Å². The summed E-state index contributed by atoms with van der Waals surface area (Å²) in [6, 6.07) is 0. The maximum atomic E-state index is 5.61. The molecule has 0 radical (unpaired) electrons. The molecule has 0 saturated carbocycles. The minimum Gasteiger partial charge on any atom is -0.378 e. The third kappa shape index (κ3) is 11.6. The summed E-state index contributed by atoms with van der Waals surface area (Å²) in [6.07, 6.45) is 5.57. The van der Waals surface area contributed by atoms with Gasteiger partial charge in [-0.1, -0.05) is 19.9 Å². The van der Waals surface area contributed by atoms with Crippen LogP contribution in [0.15, 0.2) is 12.7 Å². The number of ether oxygens (including phenoxy) is 1. The van der Waals surface area contributed by atoms with Crippen LogP contribution >= 0.6 is 0 Å². The lowest BCUT2D eigenvalue weighted by atomic mass is 10.2. The Morgan fingerprint density at radius 1 is 1.33 bits per heavy atom. The van der Waals surface area contributed by atoms with Crippen LogP contribution in [0.1, 0.15) is 40.0 Å². The second-order valence-corrected chi connectivity index (χ2v) is 4.50. The topological polar surface area (TPSA) is 21.3 Å². The van der Waals surface area contributed by atoms with Crippen LogP contribution in [-0.2, 0) is 4.74 Å². The Morgan fingerprint density at radius 3 is 2.67 bits per heavy atom. The molecule has 0 fully saturated rings. The first kappa shape index (κ1) is 14.7. The van der Waals surface area contributed by atoms with Crippen molar-refractivity contribution < 1.29 is 4.74 Å². The van der Waals surface area contributed by atoms with Crippen LogP contribution in [0.3, 0.4) is 0 Å². The van der Waals surface area contributed by atoms with Crippen molar-refractivity contribution in [1.82, 2.24) is 5.32 Å². The van der Waals surface area contributed by atoms with Gasteiger partial charge in [0.25, 0.3) is 0 Å². The maximum absolute atomic E-state index is 5.61. The van der Waals surface area contributed by atoms with E-state index in [1.807, 2.05) is 6.08 Å². The van der Waals surface area contributed by atoms with Gasteiger partial charge in [-0.25, -0.2) is 0 Å². The van der Waals surface area contributed by atoms with Gasteiger partial charge in [0, 0.05) is 0 Å². The highest BCUT2D eigenvalue weighted by atomic mass is 16.5. The molecule has 0 aliphatic rings. The van der Waals surface area contributed by atoms with Gasteiger partial charge in [0.1, 0.15) is 0 Å². The first-order valence-electron chi connectivity index (χ1n) is 6.10. The fraction of sp³-hybridized carbons (Fsp3) is 0.846. The summed E-state index contributed by atoms with van der Waals surface area (Å²) >= 11 is 0. The molecule has 0 aromatic rings. The van der Waals surface area contributed by atoms with Crippen molar-refractivity contribution in [3.63, 3.8) is 0 Å². The Morgan fingerprint density at radius 2 is 2.07 bits per heavy atom. The molecule has 0 spiro atoms. The molecule has 15 heavy (non-hydrogen) atoms. The van der Waals surface area contributed by atoms with Crippen LogP contribution in [0.5, 0.6) is 0 Å². The molecule has 2 heteroatoms. The molecular weight excluding hydrogens is 186 g/mol. The molecule has 0 amide bonds. The second-order valence-electron chi connectivity index (χ2n) is 4.50. The predicted molar refractivity (Wildman–Crippen MR) is 67.2 cm³/mol.